The zero-order chi connectivity index (χ0) is 14.7. The van der Waals surface area contributed by atoms with E-state index in [0.717, 1.165) is 34.8 Å². The predicted molar refractivity (Wildman–Crippen MR) is 85.2 cm³/mol. The number of hydrogen-bond acceptors (Lipinski definition) is 3. The second kappa shape index (κ2) is 6.50. The van der Waals surface area contributed by atoms with Gasteiger partial charge >= 0.3 is 0 Å². The molecule has 1 atom stereocenters. The maximum Gasteiger partial charge on any atom is 0.148 e. The minimum absolute atomic E-state index is 0.280. The second-order valence-corrected chi connectivity index (χ2v) is 5.91. The van der Waals surface area contributed by atoms with E-state index in [1.54, 1.807) is 0 Å². The quantitative estimate of drug-likeness (QED) is 0.904. The number of rotatable bonds is 5. The van der Waals surface area contributed by atoms with Crippen LogP contribution in [0.4, 0.5) is 0 Å². The third-order valence-electron chi connectivity index (χ3n) is 3.26. The summed E-state index contributed by atoms with van der Waals surface area (Å²) in [4.78, 5) is 4.40. The van der Waals surface area contributed by atoms with Gasteiger partial charge in [-0.15, -0.1) is 0 Å². The highest BCUT2D eigenvalue weighted by Crippen LogP contribution is 2.26. The highest BCUT2D eigenvalue weighted by Gasteiger charge is 2.15. The molecular weight excluding hydrogens is 316 g/mol. The van der Waals surface area contributed by atoms with Gasteiger partial charge < -0.3 is 5.32 Å². The van der Waals surface area contributed by atoms with Crippen molar-refractivity contribution in [1.29, 1.82) is 0 Å². The lowest BCUT2D eigenvalue weighted by molar-refractivity contribution is 0.566. The van der Waals surface area contributed by atoms with Crippen molar-refractivity contribution in [2.24, 2.45) is 0 Å². The van der Waals surface area contributed by atoms with Crippen LogP contribution in [0.2, 0.25) is 0 Å². The Balaban J connectivity index is 2.45. The van der Waals surface area contributed by atoms with E-state index in [0.29, 0.717) is 0 Å². The van der Waals surface area contributed by atoms with Crippen molar-refractivity contribution in [2.75, 3.05) is 6.54 Å². The third-order valence-corrected chi connectivity index (χ3v) is 3.76. The molecule has 1 aromatic carbocycles. The molecule has 0 bridgehead atoms. The van der Waals surface area contributed by atoms with Crippen molar-refractivity contribution >= 4 is 15.9 Å². The summed E-state index contributed by atoms with van der Waals surface area (Å²) in [7, 11) is 0. The molecule has 0 spiro atoms. The molecule has 1 aromatic heterocycles. The molecule has 0 aliphatic heterocycles. The Labute approximate surface area is 128 Å². The summed E-state index contributed by atoms with van der Waals surface area (Å²) < 4.78 is 2.96. The van der Waals surface area contributed by atoms with Crippen LogP contribution in [-0.4, -0.2) is 21.3 Å². The van der Waals surface area contributed by atoms with Gasteiger partial charge in [-0.1, -0.05) is 28.9 Å². The Morgan fingerprint density at radius 3 is 2.70 bits per heavy atom. The van der Waals surface area contributed by atoms with E-state index in [9.17, 15) is 0 Å². The van der Waals surface area contributed by atoms with Gasteiger partial charge in [0.05, 0.1) is 5.69 Å². The summed E-state index contributed by atoms with van der Waals surface area (Å²) in [5.41, 5.74) is 2.31. The van der Waals surface area contributed by atoms with Gasteiger partial charge in [0.15, 0.2) is 0 Å². The average molecular weight is 337 g/mol. The molecule has 0 radical (unpaired) electrons. The van der Waals surface area contributed by atoms with Crippen LogP contribution >= 0.6 is 15.9 Å². The molecule has 0 amide bonds. The number of aryl methyl sites for hydroxylation is 2. The first-order valence-electron chi connectivity index (χ1n) is 6.96. The Bertz CT molecular complexity index is 592. The number of benzene rings is 1. The zero-order valence-electron chi connectivity index (χ0n) is 12.4. The summed E-state index contributed by atoms with van der Waals surface area (Å²) in [6.07, 6.45) is 1.12. The Morgan fingerprint density at radius 2 is 2.10 bits per heavy atom. The predicted octanol–water partition coefficient (Wildman–Crippen LogP) is 3.71. The molecule has 1 heterocycles. The van der Waals surface area contributed by atoms with Gasteiger partial charge in [0.1, 0.15) is 11.6 Å². The SMILES string of the molecule is CCCNC(C)c1ccc(Br)cc1-n1nc(C)nc1C. The largest absolute Gasteiger partial charge is 0.310 e. The molecule has 1 unspecified atom stereocenters. The summed E-state index contributed by atoms with van der Waals surface area (Å²) >= 11 is 3.54. The summed E-state index contributed by atoms with van der Waals surface area (Å²) in [6, 6.07) is 6.59. The van der Waals surface area contributed by atoms with Crippen LogP contribution in [0.15, 0.2) is 22.7 Å². The number of halogens is 1. The molecule has 2 rings (SSSR count). The van der Waals surface area contributed by atoms with Gasteiger partial charge in [0.2, 0.25) is 0 Å². The van der Waals surface area contributed by atoms with Crippen molar-refractivity contribution in [3.8, 4) is 5.69 Å². The first-order valence-corrected chi connectivity index (χ1v) is 7.75. The molecule has 0 saturated heterocycles. The number of nitrogens with one attached hydrogen (secondary N) is 1. The third kappa shape index (κ3) is 3.27. The van der Waals surface area contributed by atoms with Crippen LogP contribution < -0.4 is 5.32 Å². The molecule has 0 saturated carbocycles. The van der Waals surface area contributed by atoms with E-state index in [4.69, 9.17) is 0 Å². The topological polar surface area (TPSA) is 42.7 Å². The molecule has 4 nitrogen and oxygen atoms in total. The lowest BCUT2D eigenvalue weighted by atomic mass is 10.1. The molecular formula is C15H21BrN4. The number of hydrogen-bond donors (Lipinski definition) is 1. The Hall–Kier alpha value is -1.20. The number of nitrogens with zero attached hydrogens (tertiary/aromatic N) is 3. The van der Waals surface area contributed by atoms with Gasteiger partial charge in [-0.3, -0.25) is 0 Å². The first-order chi connectivity index (χ1) is 9.52. The van der Waals surface area contributed by atoms with E-state index in [2.05, 4.69) is 63.4 Å². The minimum atomic E-state index is 0.280. The van der Waals surface area contributed by atoms with Crippen molar-refractivity contribution < 1.29 is 0 Å². The first kappa shape index (κ1) is 15.2. The van der Waals surface area contributed by atoms with Crippen molar-refractivity contribution in [3.05, 3.63) is 39.9 Å². The van der Waals surface area contributed by atoms with Gasteiger partial charge in [-0.2, -0.15) is 5.10 Å². The van der Waals surface area contributed by atoms with E-state index < -0.39 is 0 Å². The summed E-state index contributed by atoms with van der Waals surface area (Å²) in [5.74, 6) is 1.70. The maximum atomic E-state index is 4.50. The highest BCUT2D eigenvalue weighted by molar-refractivity contribution is 9.10. The van der Waals surface area contributed by atoms with Crippen molar-refractivity contribution in [3.63, 3.8) is 0 Å². The molecule has 0 aliphatic rings. The molecule has 1 N–H and O–H groups in total. The lowest BCUT2D eigenvalue weighted by Gasteiger charge is -2.18. The number of aromatic nitrogens is 3. The standard InChI is InChI=1S/C15H21BrN4/c1-5-8-17-10(2)14-7-6-13(16)9-15(14)20-12(4)18-11(3)19-20/h6-7,9-10,17H,5,8H2,1-4H3. The van der Waals surface area contributed by atoms with Crippen LogP contribution in [-0.2, 0) is 0 Å². The Kier molecular flexibility index (Phi) is 4.94. The summed E-state index contributed by atoms with van der Waals surface area (Å²) in [5, 5.41) is 8.03. The maximum absolute atomic E-state index is 4.50. The average Bonchev–Trinajstić information content (AvgIpc) is 2.74. The minimum Gasteiger partial charge on any atom is -0.310 e. The van der Waals surface area contributed by atoms with E-state index in [1.807, 2.05) is 18.5 Å². The van der Waals surface area contributed by atoms with Gasteiger partial charge in [-0.25, -0.2) is 9.67 Å². The molecule has 20 heavy (non-hydrogen) atoms. The molecule has 5 heteroatoms. The molecule has 2 aromatic rings. The molecule has 108 valence electrons. The highest BCUT2D eigenvalue weighted by atomic mass is 79.9. The van der Waals surface area contributed by atoms with Gasteiger partial charge in [-0.05, 0) is 51.4 Å². The van der Waals surface area contributed by atoms with Gasteiger partial charge in [0, 0.05) is 10.5 Å². The van der Waals surface area contributed by atoms with Crippen LogP contribution in [0.1, 0.15) is 43.5 Å². The fourth-order valence-corrected chi connectivity index (χ4v) is 2.64. The van der Waals surface area contributed by atoms with Crippen LogP contribution in [0.5, 0.6) is 0 Å². The smallest absolute Gasteiger partial charge is 0.148 e. The Morgan fingerprint density at radius 1 is 1.35 bits per heavy atom. The summed E-state index contributed by atoms with van der Waals surface area (Å²) in [6.45, 7) is 9.26. The van der Waals surface area contributed by atoms with E-state index >= 15 is 0 Å². The van der Waals surface area contributed by atoms with Crippen LogP contribution in [0.25, 0.3) is 5.69 Å². The van der Waals surface area contributed by atoms with E-state index in [-0.39, 0.29) is 6.04 Å². The lowest BCUT2D eigenvalue weighted by Crippen LogP contribution is -2.21. The van der Waals surface area contributed by atoms with Crippen LogP contribution in [0.3, 0.4) is 0 Å². The fraction of sp³-hybridized carbons (Fsp3) is 0.467. The second-order valence-electron chi connectivity index (χ2n) is 5.00. The molecule has 0 fully saturated rings. The monoisotopic (exact) mass is 336 g/mol. The van der Waals surface area contributed by atoms with E-state index in [1.165, 1.54) is 5.56 Å². The zero-order valence-corrected chi connectivity index (χ0v) is 14.0. The van der Waals surface area contributed by atoms with Crippen LogP contribution in [0, 0.1) is 13.8 Å². The normalized spacial score (nSPS) is 12.7. The van der Waals surface area contributed by atoms with Crippen molar-refractivity contribution in [2.45, 2.75) is 40.2 Å². The fourth-order valence-electron chi connectivity index (χ4n) is 2.29. The molecule has 0 aliphatic carbocycles. The van der Waals surface area contributed by atoms with Gasteiger partial charge in [0.25, 0.3) is 0 Å². The van der Waals surface area contributed by atoms with Crippen molar-refractivity contribution in [1.82, 2.24) is 20.1 Å².